The molecule has 1 aromatic heterocycles. The fraction of sp³-hybridized carbons (Fsp3) is 0.400. The first-order valence-electron chi connectivity index (χ1n) is 8.90. The van der Waals surface area contributed by atoms with E-state index >= 15 is 0 Å². The van der Waals surface area contributed by atoms with Crippen LogP contribution in [0.5, 0.6) is 5.75 Å². The standard InChI is InChI=1S/C20H25N3O2/c1-14(2)25-19-10-6-5-9-18(19)23-20(24)15-11-17(13-21-12-15)22-16-7-3-4-8-16/h5-6,9-14,16,22H,3-4,7-8H2,1-2H3,(H,23,24). The number of hydrogen-bond donors (Lipinski definition) is 2. The third kappa shape index (κ3) is 4.72. The summed E-state index contributed by atoms with van der Waals surface area (Å²) >= 11 is 0. The van der Waals surface area contributed by atoms with Gasteiger partial charge in [-0.05, 0) is 44.9 Å². The van der Waals surface area contributed by atoms with Crippen molar-refractivity contribution in [1.29, 1.82) is 0 Å². The molecule has 0 bridgehead atoms. The van der Waals surface area contributed by atoms with E-state index in [1.807, 2.05) is 44.2 Å². The molecule has 0 aliphatic heterocycles. The Hall–Kier alpha value is -2.56. The first-order chi connectivity index (χ1) is 12.1. The Balaban J connectivity index is 1.71. The second kappa shape index (κ2) is 8.01. The number of nitrogens with zero attached hydrogens (tertiary/aromatic N) is 1. The summed E-state index contributed by atoms with van der Waals surface area (Å²) in [5.41, 5.74) is 2.09. The van der Waals surface area contributed by atoms with Crippen molar-refractivity contribution in [3.05, 3.63) is 48.3 Å². The summed E-state index contributed by atoms with van der Waals surface area (Å²) in [6.07, 6.45) is 8.27. The average molecular weight is 339 g/mol. The molecule has 0 radical (unpaired) electrons. The van der Waals surface area contributed by atoms with Crippen molar-refractivity contribution in [2.24, 2.45) is 0 Å². The molecule has 2 aromatic rings. The Bertz CT molecular complexity index is 724. The number of para-hydroxylation sites is 2. The molecular formula is C20H25N3O2. The molecule has 1 aromatic carbocycles. The summed E-state index contributed by atoms with van der Waals surface area (Å²) in [5.74, 6) is 0.474. The van der Waals surface area contributed by atoms with E-state index < -0.39 is 0 Å². The zero-order chi connectivity index (χ0) is 17.6. The lowest BCUT2D eigenvalue weighted by Crippen LogP contribution is -2.17. The number of ether oxygens (including phenoxy) is 1. The molecule has 2 N–H and O–H groups in total. The van der Waals surface area contributed by atoms with E-state index in [4.69, 9.17) is 4.74 Å². The molecule has 0 atom stereocenters. The van der Waals surface area contributed by atoms with Crippen molar-refractivity contribution >= 4 is 17.3 Å². The molecular weight excluding hydrogens is 314 g/mol. The highest BCUT2D eigenvalue weighted by Gasteiger charge is 2.16. The molecule has 3 rings (SSSR count). The summed E-state index contributed by atoms with van der Waals surface area (Å²) in [6.45, 7) is 3.92. The number of pyridine rings is 1. The van der Waals surface area contributed by atoms with E-state index in [-0.39, 0.29) is 12.0 Å². The number of aromatic nitrogens is 1. The summed E-state index contributed by atoms with van der Waals surface area (Å²) < 4.78 is 5.75. The zero-order valence-electron chi connectivity index (χ0n) is 14.8. The van der Waals surface area contributed by atoms with Crippen LogP contribution in [-0.2, 0) is 0 Å². The number of carbonyl (C=O) groups excluding carboxylic acids is 1. The van der Waals surface area contributed by atoms with E-state index in [9.17, 15) is 4.79 Å². The monoisotopic (exact) mass is 339 g/mol. The second-order valence-electron chi connectivity index (χ2n) is 6.70. The lowest BCUT2D eigenvalue weighted by Gasteiger charge is -2.16. The normalized spacial score (nSPS) is 14.5. The van der Waals surface area contributed by atoms with Gasteiger partial charge in [-0.1, -0.05) is 25.0 Å². The number of carbonyl (C=O) groups is 1. The number of hydrogen-bond acceptors (Lipinski definition) is 4. The van der Waals surface area contributed by atoms with Gasteiger partial charge in [-0.25, -0.2) is 0 Å². The Morgan fingerprint density at radius 3 is 2.72 bits per heavy atom. The van der Waals surface area contributed by atoms with Crippen LogP contribution in [0.25, 0.3) is 0 Å². The number of anilines is 2. The van der Waals surface area contributed by atoms with Crippen LogP contribution < -0.4 is 15.4 Å². The summed E-state index contributed by atoms with van der Waals surface area (Å²) in [7, 11) is 0. The van der Waals surface area contributed by atoms with E-state index in [0.717, 1.165) is 5.69 Å². The van der Waals surface area contributed by atoms with Crippen LogP contribution in [-0.4, -0.2) is 23.0 Å². The predicted octanol–water partition coefficient (Wildman–Crippen LogP) is 4.48. The van der Waals surface area contributed by atoms with Crippen molar-refractivity contribution in [3.8, 4) is 5.75 Å². The minimum absolute atomic E-state index is 0.0404. The van der Waals surface area contributed by atoms with Gasteiger partial charge >= 0.3 is 0 Å². The molecule has 0 unspecified atom stereocenters. The van der Waals surface area contributed by atoms with Gasteiger partial charge in [0.2, 0.25) is 0 Å². The van der Waals surface area contributed by atoms with Gasteiger partial charge in [0.05, 0.1) is 23.0 Å². The van der Waals surface area contributed by atoms with Gasteiger partial charge in [0, 0.05) is 18.4 Å². The van der Waals surface area contributed by atoms with E-state index in [2.05, 4.69) is 15.6 Å². The Kier molecular flexibility index (Phi) is 5.53. The van der Waals surface area contributed by atoms with Crippen LogP contribution in [0.1, 0.15) is 49.9 Å². The lowest BCUT2D eigenvalue weighted by atomic mass is 10.2. The van der Waals surface area contributed by atoms with E-state index in [0.29, 0.717) is 23.0 Å². The van der Waals surface area contributed by atoms with Crippen LogP contribution in [0.3, 0.4) is 0 Å². The number of benzene rings is 1. The molecule has 5 nitrogen and oxygen atoms in total. The fourth-order valence-corrected chi connectivity index (χ4v) is 3.07. The number of amides is 1. The minimum Gasteiger partial charge on any atom is -0.489 e. The molecule has 1 saturated carbocycles. The van der Waals surface area contributed by atoms with Gasteiger partial charge in [-0.2, -0.15) is 0 Å². The maximum atomic E-state index is 12.6. The van der Waals surface area contributed by atoms with Crippen molar-refractivity contribution in [2.75, 3.05) is 10.6 Å². The largest absolute Gasteiger partial charge is 0.489 e. The Morgan fingerprint density at radius 1 is 1.20 bits per heavy atom. The van der Waals surface area contributed by atoms with Crippen molar-refractivity contribution < 1.29 is 9.53 Å². The quantitative estimate of drug-likeness (QED) is 0.815. The number of rotatable bonds is 6. The van der Waals surface area contributed by atoms with Gasteiger partial charge in [0.15, 0.2) is 0 Å². The molecule has 1 fully saturated rings. The zero-order valence-corrected chi connectivity index (χ0v) is 14.8. The van der Waals surface area contributed by atoms with Crippen LogP contribution in [0.15, 0.2) is 42.7 Å². The molecule has 5 heteroatoms. The average Bonchev–Trinajstić information content (AvgIpc) is 3.09. The fourth-order valence-electron chi connectivity index (χ4n) is 3.07. The highest BCUT2D eigenvalue weighted by atomic mass is 16.5. The highest BCUT2D eigenvalue weighted by Crippen LogP contribution is 2.26. The van der Waals surface area contributed by atoms with Gasteiger partial charge in [-0.15, -0.1) is 0 Å². The Morgan fingerprint density at radius 2 is 1.96 bits per heavy atom. The summed E-state index contributed by atoms with van der Waals surface area (Å²) in [6, 6.07) is 9.79. The van der Waals surface area contributed by atoms with Crippen molar-refractivity contribution in [3.63, 3.8) is 0 Å². The predicted molar refractivity (Wildman–Crippen MR) is 100 cm³/mol. The minimum atomic E-state index is -0.192. The van der Waals surface area contributed by atoms with Crippen LogP contribution >= 0.6 is 0 Å². The molecule has 1 heterocycles. The second-order valence-corrected chi connectivity index (χ2v) is 6.70. The van der Waals surface area contributed by atoms with Crippen molar-refractivity contribution in [1.82, 2.24) is 4.98 Å². The van der Waals surface area contributed by atoms with Gasteiger partial charge in [0.25, 0.3) is 5.91 Å². The Labute approximate surface area is 148 Å². The van der Waals surface area contributed by atoms with Crippen LogP contribution in [0.2, 0.25) is 0 Å². The molecule has 132 valence electrons. The highest BCUT2D eigenvalue weighted by molar-refractivity contribution is 6.05. The van der Waals surface area contributed by atoms with Gasteiger partial charge in [-0.3, -0.25) is 9.78 Å². The molecule has 1 aliphatic rings. The maximum absolute atomic E-state index is 12.6. The molecule has 25 heavy (non-hydrogen) atoms. The van der Waals surface area contributed by atoms with E-state index in [1.165, 1.54) is 25.7 Å². The van der Waals surface area contributed by atoms with Crippen molar-refractivity contribution in [2.45, 2.75) is 51.7 Å². The molecule has 0 spiro atoms. The number of nitrogens with one attached hydrogen (secondary N) is 2. The van der Waals surface area contributed by atoms with E-state index in [1.54, 1.807) is 12.4 Å². The first-order valence-corrected chi connectivity index (χ1v) is 8.90. The first kappa shape index (κ1) is 17.3. The molecule has 1 aliphatic carbocycles. The topological polar surface area (TPSA) is 63.2 Å². The SMILES string of the molecule is CC(C)Oc1ccccc1NC(=O)c1cncc(NC2CCCC2)c1. The van der Waals surface area contributed by atoms with Gasteiger partial charge in [0.1, 0.15) is 5.75 Å². The molecule has 0 saturated heterocycles. The third-order valence-corrected chi connectivity index (χ3v) is 4.22. The summed E-state index contributed by atoms with van der Waals surface area (Å²) in [5, 5.41) is 6.39. The lowest BCUT2D eigenvalue weighted by molar-refractivity contribution is 0.102. The third-order valence-electron chi connectivity index (χ3n) is 4.22. The van der Waals surface area contributed by atoms with Gasteiger partial charge < -0.3 is 15.4 Å². The van der Waals surface area contributed by atoms with Crippen LogP contribution in [0, 0.1) is 0 Å². The maximum Gasteiger partial charge on any atom is 0.257 e. The van der Waals surface area contributed by atoms with Crippen LogP contribution in [0.4, 0.5) is 11.4 Å². The molecule has 1 amide bonds. The smallest absolute Gasteiger partial charge is 0.257 e. The summed E-state index contributed by atoms with van der Waals surface area (Å²) in [4.78, 5) is 16.8.